The summed E-state index contributed by atoms with van der Waals surface area (Å²) in [6, 6.07) is 26.1. The van der Waals surface area contributed by atoms with Crippen LogP contribution in [0, 0.1) is 0 Å². The maximum atomic E-state index is 13.0. The molecule has 0 saturated carbocycles. The zero-order valence-corrected chi connectivity index (χ0v) is 20.8. The Balaban J connectivity index is 1.81. The molecule has 0 N–H and O–H groups in total. The van der Waals surface area contributed by atoms with E-state index in [4.69, 9.17) is 16.3 Å². The van der Waals surface area contributed by atoms with Crippen LogP contribution in [0.2, 0.25) is 10.3 Å². The summed E-state index contributed by atoms with van der Waals surface area (Å²) in [6.45, 7) is 6.58. The third-order valence-electron chi connectivity index (χ3n) is 4.54. The average molecular weight is 506 g/mol. The van der Waals surface area contributed by atoms with Crippen LogP contribution in [0.25, 0.3) is 0 Å². The van der Waals surface area contributed by atoms with Crippen molar-refractivity contribution in [3.05, 3.63) is 95.0 Å². The van der Waals surface area contributed by atoms with Gasteiger partial charge in [-0.05, 0) is 0 Å². The molecule has 0 aliphatic carbocycles. The van der Waals surface area contributed by atoms with Crippen molar-refractivity contribution in [3.63, 3.8) is 0 Å². The molecule has 0 amide bonds. The van der Waals surface area contributed by atoms with Gasteiger partial charge in [0.05, 0.1) is 0 Å². The van der Waals surface area contributed by atoms with Crippen LogP contribution < -0.4 is 4.46 Å². The fraction of sp³-hybridized carbons (Fsp3) is 0.280. The van der Waals surface area contributed by atoms with Gasteiger partial charge in [0.25, 0.3) is 0 Å². The molecule has 0 saturated heterocycles. The van der Waals surface area contributed by atoms with E-state index < -0.39 is 10.8 Å². The van der Waals surface area contributed by atoms with E-state index in [1.165, 1.54) is 4.46 Å². The maximum absolute atomic E-state index is 13.0. The zero-order chi connectivity index (χ0) is 21.6. The van der Waals surface area contributed by atoms with Gasteiger partial charge in [-0.2, -0.15) is 0 Å². The second-order valence-electron chi connectivity index (χ2n) is 7.95. The number of hydrogen-bond donors (Lipinski definition) is 0. The van der Waals surface area contributed by atoms with Crippen LogP contribution in [-0.2, 0) is 22.1 Å². The quantitative estimate of drug-likeness (QED) is 0.353. The zero-order valence-electron chi connectivity index (χ0n) is 17.5. The predicted molar refractivity (Wildman–Crippen MR) is 128 cm³/mol. The summed E-state index contributed by atoms with van der Waals surface area (Å²) < 4.78 is 20.2. The van der Waals surface area contributed by atoms with E-state index in [2.05, 4.69) is 18.2 Å². The number of benzene rings is 3. The molecule has 0 spiro atoms. The first-order chi connectivity index (χ1) is 14.4. The minimum atomic E-state index is -1.06. The van der Waals surface area contributed by atoms with E-state index in [-0.39, 0.29) is 25.8 Å². The van der Waals surface area contributed by atoms with Crippen LogP contribution in [-0.4, -0.2) is 23.9 Å². The van der Waals surface area contributed by atoms with E-state index in [1.54, 1.807) is 0 Å². The van der Waals surface area contributed by atoms with Crippen LogP contribution in [0.5, 0.6) is 0 Å². The molecule has 2 nitrogen and oxygen atoms in total. The van der Waals surface area contributed by atoms with Crippen molar-refractivity contribution in [1.82, 2.24) is 0 Å². The molecule has 5 heteroatoms. The van der Waals surface area contributed by atoms with Gasteiger partial charge in [0.2, 0.25) is 0 Å². The second kappa shape index (κ2) is 10.7. The molecule has 3 aromatic rings. The van der Waals surface area contributed by atoms with Crippen LogP contribution >= 0.6 is 11.6 Å². The van der Waals surface area contributed by atoms with Crippen molar-refractivity contribution >= 4 is 41.8 Å². The number of hydrogen-bond acceptors (Lipinski definition) is 2. The Bertz CT molecular complexity index is 986. The van der Waals surface area contributed by atoms with Crippen molar-refractivity contribution in [2.75, 3.05) is 0 Å². The Hall–Kier alpha value is -1.42. The summed E-state index contributed by atoms with van der Waals surface area (Å²) in [5, 5.41) is 1.54. The van der Waals surface area contributed by atoms with Crippen LogP contribution in [0.4, 0.5) is 0 Å². The first kappa shape index (κ1) is 23.2. The summed E-state index contributed by atoms with van der Waals surface area (Å²) in [7, 11) is -1.06. The summed E-state index contributed by atoms with van der Waals surface area (Å²) in [5.41, 5.74) is 2.14. The van der Waals surface area contributed by atoms with Crippen molar-refractivity contribution in [2.45, 2.75) is 48.4 Å². The van der Waals surface area contributed by atoms with E-state index >= 15 is 0 Å². The normalized spacial score (nSPS) is 13.7. The molecular weight excluding hydrogens is 479 g/mol. The third-order valence-corrected chi connectivity index (χ3v) is 9.43. The van der Waals surface area contributed by atoms with E-state index in [0.29, 0.717) is 6.61 Å². The SMILES string of the molecule is CC(C)(C)S(=O)c1ccccc1[Se]CC(OCc1ccccc1)c1ccccc1Cl. The Labute approximate surface area is 193 Å². The van der Waals surface area contributed by atoms with Crippen LogP contribution in [0.15, 0.2) is 83.8 Å². The summed E-state index contributed by atoms with van der Waals surface area (Å²) in [5.74, 6) is 0. The van der Waals surface area contributed by atoms with Gasteiger partial charge in [0.15, 0.2) is 0 Å². The van der Waals surface area contributed by atoms with Gasteiger partial charge >= 0.3 is 194 Å². The molecule has 0 aliphatic heterocycles. The first-order valence-corrected chi connectivity index (χ1v) is 13.5. The monoisotopic (exact) mass is 506 g/mol. The molecule has 2 unspecified atom stereocenters. The number of ether oxygens (including phenoxy) is 1. The number of rotatable bonds is 8. The predicted octanol–water partition coefficient (Wildman–Crippen LogP) is 5.95. The standard InChI is InChI=1S/C25H27ClO2SSe/c1-25(2,3)29(27)23-15-9-10-16-24(23)30-18-22(20-13-7-8-14-21(20)26)28-17-19-11-5-4-6-12-19/h4-16,22H,17-18H2,1-3H3. The Kier molecular flexibility index (Phi) is 8.33. The van der Waals surface area contributed by atoms with Gasteiger partial charge < -0.3 is 0 Å². The molecule has 2 atom stereocenters. The third kappa shape index (κ3) is 6.29. The molecule has 30 heavy (non-hydrogen) atoms. The molecule has 158 valence electrons. The first-order valence-electron chi connectivity index (χ1n) is 9.90. The summed E-state index contributed by atoms with van der Waals surface area (Å²) in [6.07, 6.45) is -0.116. The van der Waals surface area contributed by atoms with E-state index in [9.17, 15) is 4.21 Å². The fourth-order valence-electron chi connectivity index (χ4n) is 2.95. The Morgan fingerprint density at radius 3 is 2.27 bits per heavy atom. The van der Waals surface area contributed by atoms with E-state index in [0.717, 1.165) is 26.4 Å². The molecule has 0 fully saturated rings. The van der Waals surface area contributed by atoms with Gasteiger partial charge in [-0.25, -0.2) is 0 Å². The summed E-state index contributed by atoms with van der Waals surface area (Å²) in [4.78, 5) is 0.936. The minimum absolute atomic E-state index is 0.0953. The Morgan fingerprint density at radius 2 is 1.57 bits per heavy atom. The Morgan fingerprint density at radius 1 is 0.933 bits per heavy atom. The molecular formula is C25H27ClO2SSe. The average Bonchev–Trinajstić information content (AvgIpc) is 2.74. The van der Waals surface area contributed by atoms with Crippen molar-refractivity contribution < 1.29 is 8.95 Å². The van der Waals surface area contributed by atoms with Gasteiger partial charge in [0, 0.05) is 0 Å². The van der Waals surface area contributed by atoms with Crippen LogP contribution in [0.3, 0.4) is 0 Å². The number of halogens is 1. The molecule has 0 radical (unpaired) electrons. The fourth-order valence-corrected chi connectivity index (χ4v) is 7.19. The van der Waals surface area contributed by atoms with Gasteiger partial charge in [-0.3, -0.25) is 0 Å². The molecule has 0 aliphatic rings. The topological polar surface area (TPSA) is 26.3 Å². The summed E-state index contributed by atoms with van der Waals surface area (Å²) >= 11 is 6.60. The van der Waals surface area contributed by atoms with Gasteiger partial charge in [-0.1, -0.05) is 0 Å². The molecule has 0 heterocycles. The van der Waals surface area contributed by atoms with Crippen molar-refractivity contribution in [1.29, 1.82) is 0 Å². The van der Waals surface area contributed by atoms with Gasteiger partial charge in [0.1, 0.15) is 0 Å². The second-order valence-corrected chi connectivity index (χ2v) is 12.8. The van der Waals surface area contributed by atoms with Crippen molar-refractivity contribution in [2.24, 2.45) is 0 Å². The van der Waals surface area contributed by atoms with Crippen molar-refractivity contribution in [3.8, 4) is 0 Å². The molecule has 3 rings (SSSR count). The van der Waals surface area contributed by atoms with Crippen LogP contribution in [0.1, 0.15) is 38.0 Å². The molecule has 0 aromatic heterocycles. The van der Waals surface area contributed by atoms with Gasteiger partial charge in [-0.15, -0.1) is 0 Å². The molecule has 3 aromatic carbocycles. The van der Waals surface area contributed by atoms with E-state index in [1.807, 2.05) is 81.4 Å². The molecule has 0 bridgehead atoms.